The molecule has 0 bridgehead atoms. The van der Waals surface area contributed by atoms with Crippen LogP contribution < -0.4 is 10.1 Å². The Morgan fingerprint density at radius 1 is 1.14 bits per heavy atom. The molecule has 0 aliphatic rings. The van der Waals surface area contributed by atoms with Gasteiger partial charge in [0.2, 0.25) is 5.91 Å². The average Bonchev–Trinajstić information content (AvgIpc) is 3.04. The number of imidazole rings is 1. The number of carbonyl (C=O) groups is 1. The Hall–Kier alpha value is -2.82. The molecule has 0 aliphatic carbocycles. The minimum absolute atomic E-state index is 0.0765. The van der Waals surface area contributed by atoms with Gasteiger partial charge in [-0.15, -0.1) is 0 Å². The minimum atomic E-state index is 0.0765. The van der Waals surface area contributed by atoms with E-state index in [1.807, 2.05) is 37.3 Å². The number of nitrogens with one attached hydrogen (secondary N) is 1. The fourth-order valence-electron chi connectivity index (χ4n) is 3.27. The highest BCUT2D eigenvalue weighted by atomic mass is 16.5. The summed E-state index contributed by atoms with van der Waals surface area (Å²) >= 11 is 0. The molecule has 1 N–H and O–H groups in total. The van der Waals surface area contributed by atoms with Gasteiger partial charge in [0, 0.05) is 13.0 Å². The maximum absolute atomic E-state index is 11.8. The van der Waals surface area contributed by atoms with Crippen molar-refractivity contribution in [3.63, 3.8) is 0 Å². The maximum atomic E-state index is 11.8. The first kappa shape index (κ1) is 19.9. The number of fused-ring (bicyclic) bond motifs is 1. The highest BCUT2D eigenvalue weighted by Gasteiger charge is 2.11. The third kappa shape index (κ3) is 5.35. The van der Waals surface area contributed by atoms with E-state index in [-0.39, 0.29) is 5.91 Å². The van der Waals surface area contributed by atoms with E-state index in [1.165, 1.54) is 5.56 Å². The van der Waals surface area contributed by atoms with Gasteiger partial charge in [-0.3, -0.25) is 4.79 Å². The number of ether oxygens (including phenoxy) is 1. The number of benzene rings is 2. The Morgan fingerprint density at radius 2 is 2.00 bits per heavy atom. The first-order chi connectivity index (χ1) is 13.7. The van der Waals surface area contributed by atoms with E-state index in [9.17, 15) is 4.79 Å². The number of aryl methyl sites for hydroxylation is 2. The number of aromatic nitrogens is 2. The standard InChI is InChI=1S/C23H29N3O2/c1-3-9-23(27)24-17-22-25-20-12-4-5-13-21(20)26(22)14-6-7-15-28-19-11-8-10-18(2)16-19/h4-5,8,10-13,16H,3,6-7,9,14-15,17H2,1-2H3,(H,24,27). The lowest BCUT2D eigenvalue weighted by atomic mass is 10.2. The first-order valence-corrected chi connectivity index (χ1v) is 10.1. The second-order valence-corrected chi connectivity index (χ2v) is 7.07. The lowest BCUT2D eigenvalue weighted by Crippen LogP contribution is -2.24. The van der Waals surface area contributed by atoms with Crippen LogP contribution in [0.4, 0.5) is 0 Å². The molecule has 0 fully saturated rings. The number of nitrogens with zero attached hydrogens (tertiary/aromatic N) is 2. The smallest absolute Gasteiger partial charge is 0.220 e. The van der Waals surface area contributed by atoms with Gasteiger partial charge in [0.15, 0.2) is 0 Å². The van der Waals surface area contributed by atoms with Crippen molar-refractivity contribution in [2.45, 2.75) is 52.6 Å². The summed E-state index contributed by atoms with van der Waals surface area (Å²) in [7, 11) is 0. The van der Waals surface area contributed by atoms with Crippen molar-refractivity contribution >= 4 is 16.9 Å². The monoisotopic (exact) mass is 379 g/mol. The number of para-hydroxylation sites is 2. The fourth-order valence-corrected chi connectivity index (χ4v) is 3.27. The number of hydrogen-bond donors (Lipinski definition) is 1. The van der Waals surface area contributed by atoms with Gasteiger partial charge in [-0.25, -0.2) is 4.98 Å². The summed E-state index contributed by atoms with van der Waals surface area (Å²) in [5.41, 5.74) is 3.29. The Kier molecular flexibility index (Phi) is 7.06. The van der Waals surface area contributed by atoms with Crippen LogP contribution in [-0.2, 0) is 17.9 Å². The SMILES string of the molecule is CCCC(=O)NCc1nc2ccccc2n1CCCCOc1cccc(C)c1. The molecule has 0 unspecified atom stereocenters. The molecule has 28 heavy (non-hydrogen) atoms. The normalized spacial score (nSPS) is 10.9. The molecular formula is C23H29N3O2. The van der Waals surface area contributed by atoms with Gasteiger partial charge < -0.3 is 14.6 Å². The van der Waals surface area contributed by atoms with Crippen molar-refractivity contribution in [1.82, 2.24) is 14.9 Å². The van der Waals surface area contributed by atoms with Gasteiger partial charge in [-0.05, 0) is 56.0 Å². The molecule has 0 spiro atoms. The van der Waals surface area contributed by atoms with Crippen LogP contribution >= 0.6 is 0 Å². The molecule has 1 amide bonds. The van der Waals surface area contributed by atoms with Crippen molar-refractivity contribution in [3.8, 4) is 5.75 Å². The van der Waals surface area contributed by atoms with Gasteiger partial charge in [0.25, 0.3) is 0 Å². The Morgan fingerprint density at radius 3 is 2.82 bits per heavy atom. The zero-order chi connectivity index (χ0) is 19.8. The second-order valence-electron chi connectivity index (χ2n) is 7.07. The van der Waals surface area contributed by atoms with Gasteiger partial charge >= 0.3 is 0 Å². The summed E-state index contributed by atoms with van der Waals surface area (Å²) in [5.74, 6) is 1.91. The van der Waals surface area contributed by atoms with Crippen LogP contribution in [0.1, 0.15) is 44.0 Å². The Balaban J connectivity index is 1.57. The molecule has 1 aromatic heterocycles. The maximum Gasteiger partial charge on any atom is 0.220 e. The molecule has 0 radical (unpaired) electrons. The molecule has 0 atom stereocenters. The molecule has 3 aromatic rings. The molecule has 0 aliphatic heterocycles. The van der Waals surface area contributed by atoms with E-state index in [4.69, 9.17) is 9.72 Å². The van der Waals surface area contributed by atoms with Crippen molar-refractivity contribution in [2.75, 3.05) is 6.61 Å². The second kappa shape index (κ2) is 9.93. The van der Waals surface area contributed by atoms with E-state index in [0.29, 0.717) is 19.6 Å². The fraction of sp³-hybridized carbons (Fsp3) is 0.391. The van der Waals surface area contributed by atoms with Gasteiger partial charge in [0.05, 0.1) is 24.2 Å². The van der Waals surface area contributed by atoms with Crippen LogP contribution in [-0.4, -0.2) is 22.1 Å². The minimum Gasteiger partial charge on any atom is -0.494 e. The quantitative estimate of drug-likeness (QED) is 0.523. The number of amides is 1. The van der Waals surface area contributed by atoms with Gasteiger partial charge in [-0.1, -0.05) is 31.2 Å². The lowest BCUT2D eigenvalue weighted by Gasteiger charge is -2.11. The average molecular weight is 380 g/mol. The highest BCUT2D eigenvalue weighted by Crippen LogP contribution is 2.18. The summed E-state index contributed by atoms with van der Waals surface area (Å²) in [6, 6.07) is 16.3. The molecular weight excluding hydrogens is 350 g/mol. The molecule has 5 heteroatoms. The van der Waals surface area contributed by atoms with E-state index < -0.39 is 0 Å². The van der Waals surface area contributed by atoms with Crippen molar-refractivity contribution in [1.29, 1.82) is 0 Å². The third-order valence-corrected chi connectivity index (χ3v) is 4.69. The topological polar surface area (TPSA) is 56.2 Å². The molecule has 1 heterocycles. The lowest BCUT2D eigenvalue weighted by molar-refractivity contribution is -0.121. The molecule has 148 valence electrons. The van der Waals surface area contributed by atoms with Crippen LogP contribution in [0.3, 0.4) is 0 Å². The van der Waals surface area contributed by atoms with Crippen molar-refractivity contribution in [3.05, 3.63) is 59.9 Å². The third-order valence-electron chi connectivity index (χ3n) is 4.69. The summed E-state index contributed by atoms with van der Waals surface area (Å²) in [4.78, 5) is 16.6. The van der Waals surface area contributed by atoms with Crippen LogP contribution in [0.2, 0.25) is 0 Å². The number of hydrogen-bond acceptors (Lipinski definition) is 3. The predicted octanol–water partition coefficient (Wildman–Crippen LogP) is 4.62. The predicted molar refractivity (Wildman–Crippen MR) is 112 cm³/mol. The van der Waals surface area contributed by atoms with Gasteiger partial charge in [0.1, 0.15) is 11.6 Å². The molecule has 5 nitrogen and oxygen atoms in total. The Bertz CT molecular complexity index is 917. The van der Waals surface area contributed by atoms with E-state index in [0.717, 1.165) is 48.4 Å². The highest BCUT2D eigenvalue weighted by molar-refractivity contribution is 5.77. The van der Waals surface area contributed by atoms with Gasteiger partial charge in [-0.2, -0.15) is 0 Å². The first-order valence-electron chi connectivity index (χ1n) is 10.1. The largest absolute Gasteiger partial charge is 0.494 e. The molecule has 2 aromatic carbocycles. The molecule has 3 rings (SSSR count). The number of carbonyl (C=O) groups excluding carboxylic acids is 1. The summed E-state index contributed by atoms with van der Waals surface area (Å²) in [6.45, 7) is 6.09. The van der Waals surface area contributed by atoms with E-state index in [1.54, 1.807) is 0 Å². The Labute approximate surface area is 166 Å². The summed E-state index contributed by atoms with van der Waals surface area (Å²) in [6.07, 6.45) is 3.35. The summed E-state index contributed by atoms with van der Waals surface area (Å²) in [5, 5.41) is 2.98. The van der Waals surface area contributed by atoms with E-state index in [2.05, 4.69) is 35.0 Å². The zero-order valence-corrected chi connectivity index (χ0v) is 16.8. The van der Waals surface area contributed by atoms with Crippen LogP contribution in [0.5, 0.6) is 5.75 Å². The van der Waals surface area contributed by atoms with Crippen LogP contribution in [0.15, 0.2) is 48.5 Å². The summed E-state index contributed by atoms with van der Waals surface area (Å²) < 4.78 is 8.06. The van der Waals surface area contributed by atoms with E-state index >= 15 is 0 Å². The van der Waals surface area contributed by atoms with Crippen molar-refractivity contribution < 1.29 is 9.53 Å². The van der Waals surface area contributed by atoms with Crippen molar-refractivity contribution in [2.24, 2.45) is 0 Å². The molecule has 0 saturated carbocycles. The van der Waals surface area contributed by atoms with Crippen LogP contribution in [0, 0.1) is 6.92 Å². The zero-order valence-electron chi connectivity index (χ0n) is 16.8. The van der Waals surface area contributed by atoms with Crippen LogP contribution in [0.25, 0.3) is 11.0 Å². The number of unbranched alkanes of at least 4 members (excludes halogenated alkanes) is 1. The number of rotatable bonds is 10. The molecule has 0 saturated heterocycles.